The molecule has 26 heavy (non-hydrogen) atoms. The monoisotopic (exact) mass is 356 g/mol. The van der Waals surface area contributed by atoms with E-state index in [0.717, 1.165) is 49.3 Å². The Morgan fingerprint density at radius 1 is 1.19 bits per heavy atom. The van der Waals surface area contributed by atoms with E-state index < -0.39 is 0 Å². The molecule has 0 aromatic carbocycles. The lowest BCUT2D eigenvalue weighted by Crippen LogP contribution is -2.49. The van der Waals surface area contributed by atoms with Crippen LogP contribution >= 0.6 is 0 Å². The number of amides is 1. The summed E-state index contributed by atoms with van der Waals surface area (Å²) in [5.41, 5.74) is 0.775. The maximum atomic E-state index is 12.6. The maximum absolute atomic E-state index is 12.6. The first kappa shape index (κ1) is 18.4. The Hall–Kier alpha value is -2.37. The second-order valence-corrected chi connectivity index (χ2v) is 7.83. The van der Waals surface area contributed by atoms with Crippen LogP contribution in [0.5, 0.6) is 0 Å². The summed E-state index contributed by atoms with van der Waals surface area (Å²) in [4.78, 5) is 25.6. The lowest BCUT2D eigenvalue weighted by Gasteiger charge is -2.35. The molecule has 0 saturated carbocycles. The summed E-state index contributed by atoms with van der Waals surface area (Å²) in [6.45, 7) is 11.3. The molecule has 140 valence electrons. The Bertz CT molecular complexity index is 741. The van der Waals surface area contributed by atoms with Gasteiger partial charge in [-0.15, -0.1) is 0 Å². The van der Waals surface area contributed by atoms with E-state index in [4.69, 9.17) is 4.42 Å². The topological polar surface area (TPSA) is 62.5 Å². The number of oxazole rings is 1. The average Bonchev–Trinajstić information content (AvgIpc) is 3.02. The zero-order valence-electron chi connectivity index (χ0n) is 16.2. The number of rotatable bonds is 4. The summed E-state index contributed by atoms with van der Waals surface area (Å²) in [6, 6.07) is 5.92. The summed E-state index contributed by atoms with van der Waals surface area (Å²) in [5.74, 6) is 2.72. The van der Waals surface area contributed by atoms with Crippen molar-refractivity contribution in [2.24, 2.45) is 0 Å². The highest BCUT2D eigenvalue weighted by Gasteiger charge is 2.24. The Labute approximate surface area is 155 Å². The molecule has 1 aliphatic rings. The molecule has 0 radical (unpaired) electrons. The third-order valence-electron chi connectivity index (χ3n) is 4.71. The number of aromatic nitrogens is 2. The summed E-state index contributed by atoms with van der Waals surface area (Å²) in [7, 11) is 0. The van der Waals surface area contributed by atoms with Crippen molar-refractivity contribution in [3.63, 3.8) is 0 Å². The molecule has 1 amide bonds. The molecular formula is C20H28N4O2. The SMILES string of the molecule is Cc1nc(C(C)(C)C)oc1CCC(=O)N1CCN(c2ccccn2)CC1. The second kappa shape index (κ2) is 7.48. The predicted octanol–water partition coefficient (Wildman–Crippen LogP) is 2.96. The highest BCUT2D eigenvalue weighted by molar-refractivity contribution is 5.76. The van der Waals surface area contributed by atoms with Crippen LogP contribution in [0, 0.1) is 6.92 Å². The van der Waals surface area contributed by atoms with E-state index in [1.807, 2.05) is 30.0 Å². The van der Waals surface area contributed by atoms with E-state index in [0.29, 0.717) is 12.8 Å². The number of aryl methyl sites for hydroxylation is 2. The van der Waals surface area contributed by atoms with Crippen molar-refractivity contribution in [1.29, 1.82) is 0 Å². The zero-order valence-corrected chi connectivity index (χ0v) is 16.2. The number of piperazine rings is 1. The Kier molecular flexibility index (Phi) is 5.30. The number of carbonyl (C=O) groups excluding carboxylic acids is 1. The van der Waals surface area contributed by atoms with Gasteiger partial charge in [0.15, 0.2) is 5.89 Å². The highest BCUT2D eigenvalue weighted by atomic mass is 16.4. The minimum Gasteiger partial charge on any atom is -0.445 e. The van der Waals surface area contributed by atoms with Crippen LogP contribution < -0.4 is 4.90 Å². The van der Waals surface area contributed by atoms with Gasteiger partial charge in [-0.3, -0.25) is 4.79 Å². The van der Waals surface area contributed by atoms with Crippen LogP contribution in [0.4, 0.5) is 5.82 Å². The molecule has 0 unspecified atom stereocenters. The molecule has 1 aliphatic heterocycles. The fourth-order valence-corrected chi connectivity index (χ4v) is 3.09. The molecule has 6 nitrogen and oxygen atoms in total. The lowest BCUT2D eigenvalue weighted by molar-refractivity contribution is -0.131. The zero-order chi connectivity index (χ0) is 18.7. The summed E-state index contributed by atoms with van der Waals surface area (Å²) < 4.78 is 5.89. The molecule has 1 fully saturated rings. The van der Waals surface area contributed by atoms with Gasteiger partial charge in [0.25, 0.3) is 0 Å². The first-order chi connectivity index (χ1) is 12.3. The van der Waals surface area contributed by atoms with Crippen molar-refractivity contribution in [3.05, 3.63) is 41.7 Å². The molecule has 0 spiro atoms. The van der Waals surface area contributed by atoms with Crippen molar-refractivity contribution in [2.75, 3.05) is 31.1 Å². The molecule has 1 saturated heterocycles. The molecule has 0 atom stereocenters. The van der Waals surface area contributed by atoms with Crippen molar-refractivity contribution < 1.29 is 9.21 Å². The van der Waals surface area contributed by atoms with Gasteiger partial charge in [0.05, 0.1) is 5.69 Å². The van der Waals surface area contributed by atoms with Crippen molar-refractivity contribution in [1.82, 2.24) is 14.9 Å². The van der Waals surface area contributed by atoms with Crippen LogP contribution in [-0.2, 0) is 16.6 Å². The van der Waals surface area contributed by atoms with Crippen LogP contribution in [0.15, 0.2) is 28.8 Å². The van der Waals surface area contributed by atoms with E-state index in [1.54, 1.807) is 6.20 Å². The third-order valence-corrected chi connectivity index (χ3v) is 4.71. The van der Waals surface area contributed by atoms with E-state index in [9.17, 15) is 4.79 Å². The summed E-state index contributed by atoms with van der Waals surface area (Å²) in [5, 5.41) is 0. The van der Waals surface area contributed by atoms with E-state index in [2.05, 4.69) is 35.6 Å². The molecule has 6 heteroatoms. The van der Waals surface area contributed by atoms with Gasteiger partial charge >= 0.3 is 0 Å². The van der Waals surface area contributed by atoms with Crippen LogP contribution in [0.3, 0.4) is 0 Å². The largest absolute Gasteiger partial charge is 0.445 e. The van der Waals surface area contributed by atoms with Crippen LogP contribution in [0.1, 0.15) is 44.5 Å². The standard InChI is InChI=1S/C20H28N4O2/c1-15-16(26-19(22-15)20(2,3)4)8-9-18(25)24-13-11-23(12-14-24)17-7-5-6-10-21-17/h5-7,10H,8-9,11-14H2,1-4H3. The Morgan fingerprint density at radius 3 is 2.50 bits per heavy atom. The van der Waals surface area contributed by atoms with Gasteiger partial charge in [0.2, 0.25) is 5.91 Å². The van der Waals surface area contributed by atoms with Gasteiger partial charge in [0, 0.05) is 50.6 Å². The van der Waals surface area contributed by atoms with Crippen LogP contribution in [0.2, 0.25) is 0 Å². The number of carbonyl (C=O) groups is 1. The quantitative estimate of drug-likeness (QED) is 0.843. The molecule has 0 N–H and O–H groups in total. The normalized spacial score (nSPS) is 15.4. The number of hydrogen-bond acceptors (Lipinski definition) is 5. The highest BCUT2D eigenvalue weighted by Crippen LogP contribution is 2.24. The predicted molar refractivity (Wildman–Crippen MR) is 101 cm³/mol. The lowest BCUT2D eigenvalue weighted by atomic mass is 9.97. The van der Waals surface area contributed by atoms with E-state index >= 15 is 0 Å². The van der Waals surface area contributed by atoms with Crippen LogP contribution in [-0.4, -0.2) is 47.0 Å². The molecule has 2 aromatic heterocycles. The molecule has 0 bridgehead atoms. The summed E-state index contributed by atoms with van der Waals surface area (Å²) in [6.07, 6.45) is 2.87. The average molecular weight is 356 g/mol. The van der Waals surface area contributed by atoms with Crippen LogP contribution in [0.25, 0.3) is 0 Å². The molecule has 0 aliphatic carbocycles. The first-order valence-electron chi connectivity index (χ1n) is 9.25. The van der Waals surface area contributed by atoms with Gasteiger partial charge in [-0.25, -0.2) is 9.97 Å². The van der Waals surface area contributed by atoms with E-state index in [-0.39, 0.29) is 11.3 Å². The molecule has 3 rings (SSSR count). The fourth-order valence-electron chi connectivity index (χ4n) is 3.09. The Morgan fingerprint density at radius 2 is 1.92 bits per heavy atom. The maximum Gasteiger partial charge on any atom is 0.223 e. The first-order valence-corrected chi connectivity index (χ1v) is 9.25. The van der Waals surface area contributed by atoms with Gasteiger partial charge in [-0.05, 0) is 19.1 Å². The third kappa shape index (κ3) is 4.23. The minimum atomic E-state index is -0.116. The van der Waals surface area contributed by atoms with Crippen molar-refractivity contribution >= 4 is 11.7 Å². The summed E-state index contributed by atoms with van der Waals surface area (Å²) >= 11 is 0. The van der Waals surface area contributed by atoms with E-state index in [1.165, 1.54) is 0 Å². The number of hydrogen-bond donors (Lipinski definition) is 0. The number of pyridine rings is 1. The Balaban J connectivity index is 1.51. The molecular weight excluding hydrogens is 328 g/mol. The smallest absolute Gasteiger partial charge is 0.223 e. The molecule has 3 heterocycles. The van der Waals surface area contributed by atoms with Gasteiger partial charge in [-0.1, -0.05) is 26.8 Å². The van der Waals surface area contributed by atoms with Gasteiger partial charge < -0.3 is 14.2 Å². The van der Waals surface area contributed by atoms with Crippen molar-refractivity contribution in [3.8, 4) is 0 Å². The second-order valence-electron chi connectivity index (χ2n) is 7.83. The molecule has 2 aromatic rings. The van der Waals surface area contributed by atoms with Crippen molar-refractivity contribution in [2.45, 2.75) is 46.0 Å². The number of anilines is 1. The van der Waals surface area contributed by atoms with Gasteiger partial charge in [-0.2, -0.15) is 0 Å². The van der Waals surface area contributed by atoms with Gasteiger partial charge in [0.1, 0.15) is 11.6 Å². The fraction of sp³-hybridized carbons (Fsp3) is 0.550. The number of nitrogens with zero attached hydrogens (tertiary/aromatic N) is 4. The minimum absolute atomic E-state index is 0.116.